The van der Waals surface area contributed by atoms with Crippen LogP contribution in [0.3, 0.4) is 0 Å². The highest BCUT2D eigenvalue weighted by molar-refractivity contribution is 5.87. The van der Waals surface area contributed by atoms with E-state index >= 15 is 0 Å². The van der Waals surface area contributed by atoms with Gasteiger partial charge in [-0.15, -0.1) is 0 Å². The normalized spacial score (nSPS) is 20.5. The van der Waals surface area contributed by atoms with E-state index in [0.29, 0.717) is 19.6 Å². The van der Waals surface area contributed by atoms with Gasteiger partial charge in [0.25, 0.3) is 5.91 Å². The first kappa shape index (κ1) is 24.3. The summed E-state index contributed by atoms with van der Waals surface area (Å²) in [4.78, 5) is 32.1. The molecule has 8 heteroatoms. The van der Waals surface area contributed by atoms with Crippen molar-refractivity contribution in [3.63, 3.8) is 0 Å². The van der Waals surface area contributed by atoms with E-state index in [4.69, 9.17) is 4.74 Å². The number of likely N-dealkylation sites (N-methyl/N-ethyl adjacent to an activating group) is 1. The Hall–Kier alpha value is -2.87. The summed E-state index contributed by atoms with van der Waals surface area (Å²) in [5.41, 5.74) is 6.83. The van der Waals surface area contributed by atoms with Crippen LogP contribution in [0.2, 0.25) is 0 Å². The second kappa shape index (κ2) is 9.41. The lowest BCUT2D eigenvalue weighted by Gasteiger charge is -2.33. The summed E-state index contributed by atoms with van der Waals surface area (Å²) in [7, 11) is 1.81. The zero-order valence-electron chi connectivity index (χ0n) is 21.2. The average molecular weight is 468 g/mol. The smallest absolute Gasteiger partial charge is 0.251 e. The first-order valence-electron chi connectivity index (χ1n) is 12.1. The lowest BCUT2D eigenvalue weighted by atomic mass is 9.88. The SMILES string of the molecule is Cc1[nH]nc(-c2cc3c([nH]2)CC(N(C)C(=O)CN2CCOC(C)C2=O)C=C3)c1CCC(C)(C)C. The number of nitrogens with zero attached hydrogens (tertiary/aromatic N) is 3. The Bertz CT molecular complexity index is 1090. The monoisotopic (exact) mass is 467 g/mol. The second-order valence-electron chi connectivity index (χ2n) is 10.8. The van der Waals surface area contributed by atoms with Gasteiger partial charge in [0.1, 0.15) is 11.8 Å². The number of hydrogen-bond acceptors (Lipinski definition) is 4. The Morgan fingerprint density at radius 3 is 2.85 bits per heavy atom. The van der Waals surface area contributed by atoms with E-state index in [9.17, 15) is 9.59 Å². The summed E-state index contributed by atoms with van der Waals surface area (Å²) in [6, 6.07) is 2.08. The number of ether oxygens (including phenoxy) is 1. The maximum Gasteiger partial charge on any atom is 0.251 e. The van der Waals surface area contributed by atoms with Crippen molar-refractivity contribution in [2.24, 2.45) is 5.41 Å². The maximum atomic E-state index is 12.9. The van der Waals surface area contributed by atoms with Crippen LogP contribution in [0, 0.1) is 12.3 Å². The van der Waals surface area contributed by atoms with Crippen LogP contribution >= 0.6 is 0 Å². The van der Waals surface area contributed by atoms with Gasteiger partial charge in [0, 0.05) is 37.0 Å². The molecule has 4 rings (SSSR count). The van der Waals surface area contributed by atoms with E-state index in [0.717, 1.165) is 41.2 Å². The molecule has 184 valence electrons. The van der Waals surface area contributed by atoms with Gasteiger partial charge in [-0.3, -0.25) is 14.7 Å². The number of carbonyl (C=O) groups excluding carboxylic acids is 2. The predicted octanol–water partition coefficient (Wildman–Crippen LogP) is 3.34. The molecule has 34 heavy (non-hydrogen) atoms. The number of morpholine rings is 1. The molecule has 0 bridgehead atoms. The Morgan fingerprint density at radius 2 is 2.12 bits per heavy atom. The molecule has 0 saturated carbocycles. The van der Waals surface area contributed by atoms with Crippen molar-refractivity contribution in [3.8, 4) is 11.4 Å². The molecule has 1 aliphatic heterocycles. The van der Waals surface area contributed by atoms with Crippen molar-refractivity contribution in [3.05, 3.63) is 34.7 Å². The Balaban J connectivity index is 1.45. The fourth-order valence-electron chi connectivity index (χ4n) is 4.59. The number of H-pyrrole nitrogens is 2. The minimum Gasteiger partial charge on any atom is -0.367 e. The van der Waals surface area contributed by atoms with Gasteiger partial charge in [-0.2, -0.15) is 5.10 Å². The minimum absolute atomic E-state index is 0.0682. The van der Waals surface area contributed by atoms with E-state index < -0.39 is 6.10 Å². The molecule has 2 aromatic heterocycles. The molecule has 0 radical (unpaired) electrons. The molecule has 1 saturated heterocycles. The van der Waals surface area contributed by atoms with E-state index in [1.54, 1.807) is 16.7 Å². The fourth-order valence-corrected chi connectivity index (χ4v) is 4.59. The first-order chi connectivity index (χ1) is 16.0. The predicted molar refractivity (Wildman–Crippen MR) is 132 cm³/mol. The van der Waals surface area contributed by atoms with Crippen molar-refractivity contribution in [2.45, 2.75) is 66.0 Å². The van der Waals surface area contributed by atoms with E-state index in [2.05, 4.69) is 61.1 Å². The molecule has 0 spiro atoms. The Kier molecular flexibility index (Phi) is 6.71. The number of rotatable bonds is 6. The zero-order valence-corrected chi connectivity index (χ0v) is 21.2. The summed E-state index contributed by atoms with van der Waals surface area (Å²) >= 11 is 0. The van der Waals surface area contributed by atoms with E-state index in [1.165, 1.54) is 5.56 Å². The number of hydrogen-bond donors (Lipinski definition) is 2. The average Bonchev–Trinajstić information content (AvgIpc) is 3.36. The molecule has 2 aliphatic rings. The highest BCUT2D eigenvalue weighted by Crippen LogP contribution is 2.32. The van der Waals surface area contributed by atoms with Crippen LogP contribution < -0.4 is 0 Å². The lowest BCUT2D eigenvalue weighted by Crippen LogP contribution is -2.51. The molecule has 2 aromatic rings. The number of aromatic nitrogens is 3. The third-order valence-corrected chi connectivity index (χ3v) is 6.90. The van der Waals surface area contributed by atoms with Crippen molar-refractivity contribution in [2.75, 3.05) is 26.7 Å². The van der Waals surface area contributed by atoms with Crippen LogP contribution in [0.15, 0.2) is 12.1 Å². The largest absolute Gasteiger partial charge is 0.367 e. The van der Waals surface area contributed by atoms with Gasteiger partial charge in [-0.1, -0.05) is 32.9 Å². The lowest BCUT2D eigenvalue weighted by molar-refractivity contribution is -0.155. The topological polar surface area (TPSA) is 94.3 Å². The number of carbonyl (C=O) groups is 2. The molecule has 1 aliphatic carbocycles. The highest BCUT2D eigenvalue weighted by atomic mass is 16.5. The molecule has 2 N–H and O–H groups in total. The maximum absolute atomic E-state index is 12.9. The molecule has 8 nitrogen and oxygen atoms in total. The van der Waals surface area contributed by atoms with Crippen LogP contribution in [0.25, 0.3) is 17.5 Å². The van der Waals surface area contributed by atoms with Gasteiger partial charge in [0.15, 0.2) is 0 Å². The van der Waals surface area contributed by atoms with Crippen molar-refractivity contribution in [1.29, 1.82) is 0 Å². The third-order valence-electron chi connectivity index (χ3n) is 6.90. The van der Waals surface area contributed by atoms with Gasteiger partial charge in [0.05, 0.1) is 24.9 Å². The molecule has 3 heterocycles. The quantitative estimate of drug-likeness (QED) is 0.681. The Labute approximate surface area is 201 Å². The van der Waals surface area contributed by atoms with Gasteiger partial charge in [-0.05, 0) is 43.7 Å². The molecule has 2 atom stereocenters. The number of aryl methyl sites for hydroxylation is 1. The molecule has 2 amide bonds. The van der Waals surface area contributed by atoms with E-state index in [1.807, 2.05) is 7.05 Å². The number of fused-ring (bicyclic) bond motifs is 1. The molecular formula is C26H37N5O3. The van der Waals surface area contributed by atoms with Gasteiger partial charge < -0.3 is 19.5 Å². The number of nitrogens with one attached hydrogen (secondary N) is 2. The van der Waals surface area contributed by atoms with Crippen LogP contribution in [-0.4, -0.2) is 75.7 Å². The number of aromatic amines is 2. The fraction of sp³-hybridized carbons (Fsp3) is 0.577. The van der Waals surface area contributed by atoms with Crippen molar-refractivity contribution >= 4 is 17.9 Å². The molecule has 0 aromatic carbocycles. The van der Waals surface area contributed by atoms with Gasteiger partial charge >= 0.3 is 0 Å². The second-order valence-corrected chi connectivity index (χ2v) is 10.8. The summed E-state index contributed by atoms with van der Waals surface area (Å²) in [5, 5.41) is 7.76. The zero-order chi connectivity index (χ0) is 24.6. The van der Waals surface area contributed by atoms with Gasteiger partial charge in [0.2, 0.25) is 5.91 Å². The standard InChI is InChI=1S/C26H37N5O3/c1-16-20(9-10-26(3,4)5)24(29-28-16)22-13-18-7-8-19(14-21(18)27-22)30(6)23(32)15-31-11-12-34-17(2)25(31)33/h7-8,13,17,19,27H,9-12,14-15H2,1-6H3,(H,28,29). The summed E-state index contributed by atoms with van der Waals surface area (Å²) < 4.78 is 5.36. The van der Waals surface area contributed by atoms with Crippen LogP contribution in [0.5, 0.6) is 0 Å². The van der Waals surface area contributed by atoms with Crippen LogP contribution in [0.1, 0.15) is 56.6 Å². The summed E-state index contributed by atoms with van der Waals surface area (Å²) in [6.45, 7) is 11.6. The van der Waals surface area contributed by atoms with Crippen molar-refractivity contribution in [1.82, 2.24) is 25.0 Å². The Morgan fingerprint density at radius 1 is 1.35 bits per heavy atom. The minimum atomic E-state index is -0.486. The summed E-state index contributed by atoms with van der Waals surface area (Å²) in [6.07, 6.45) is 6.41. The highest BCUT2D eigenvalue weighted by Gasteiger charge is 2.30. The van der Waals surface area contributed by atoms with Crippen LogP contribution in [0.4, 0.5) is 0 Å². The molecular weight excluding hydrogens is 430 g/mol. The van der Waals surface area contributed by atoms with Crippen molar-refractivity contribution < 1.29 is 14.3 Å². The summed E-state index contributed by atoms with van der Waals surface area (Å²) in [5.74, 6) is -0.195. The van der Waals surface area contributed by atoms with Gasteiger partial charge in [-0.25, -0.2) is 0 Å². The first-order valence-corrected chi connectivity index (χ1v) is 12.1. The molecule has 2 unspecified atom stereocenters. The third kappa shape index (κ3) is 5.12. The van der Waals surface area contributed by atoms with Crippen LogP contribution in [-0.2, 0) is 27.2 Å². The number of amides is 2. The van der Waals surface area contributed by atoms with E-state index in [-0.39, 0.29) is 29.8 Å². The molecule has 1 fully saturated rings.